The van der Waals surface area contributed by atoms with E-state index in [0.717, 1.165) is 30.6 Å². The lowest BCUT2D eigenvalue weighted by Gasteiger charge is -2.45. The number of rotatable bonds is 7. The molecule has 4 aliphatic rings. The number of hydrogen-bond donors (Lipinski definition) is 1. The molecule has 0 radical (unpaired) electrons. The van der Waals surface area contributed by atoms with Crippen LogP contribution >= 0.6 is 0 Å². The van der Waals surface area contributed by atoms with Gasteiger partial charge in [-0.1, -0.05) is 32.4 Å². The fourth-order valence-corrected chi connectivity index (χ4v) is 7.67. The van der Waals surface area contributed by atoms with Crippen molar-refractivity contribution in [3.8, 4) is 0 Å². The number of ether oxygens (including phenoxy) is 1. The Kier molecular flexibility index (Phi) is 8.33. The van der Waals surface area contributed by atoms with Crippen LogP contribution in [0.3, 0.4) is 0 Å². The molecule has 194 valence electrons. The minimum absolute atomic E-state index is 0.0731. The summed E-state index contributed by atoms with van der Waals surface area (Å²) in [4.78, 5) is 2.59. The van der Waals surface area contributed by atoms with E-state index in [2.05, 4.69) is 63.3 Å². The van der Waals surface area contributed by atoms with Gasteiger partial charge >= 0.3 is 0 Å². The number of piperidine rings is 2. The summed E-state index contributed by atoms with van der Waals surface area (Å²) >= 11 is 0. The lowest BCUT2D eigenvalue weighted by atomic mass is 9.73. The van der Waals surface area contributed by atoms with Crippen molar-refractivity contribution in [1.82, 2.24) is 10.2 Å². The van der Waals surface area contributed by atoms with Crippen LogP contribution < -0.4 is 5.32 Å². The van der Waals surface area contributed by atoms with Crippen LogP contribution in [0, 0.1) is 11.8 Å². The first-order valence-corrected chi connectivity index (χ1v) is 16.7. The van der Waals surface area contributed by atoms with E-state index in [4.69, 9.17) is 9.16 Å². The second-order valence-corrected chi connectivity index (χ2v) is 17.7. The predicted octanol–water partition coefficient (Wildman–Crippen LogP) is 6.21. The molecule has 3 unspecified atom stereocenters. The third kappa shape index (κ3) is 5.99. The highest BCUT2D eigenvalue weighted by molar-refractivity contribution is 6.74. The van der Waals surface area contributed by atoms with Gasteiger partial charge in [-0.05, 0) is 94.6 Å². The van der Waals surface area contributed by atoms with Crippen LogP contribution in [0.15, 0.2) is 23.5 Å². The fourth-order valence-electron chi connectivity index (χ4n) is 6.35. The smallest absolute Gasteiger partial charge is 0.192 e. The molecule has 0 spiro atoms. The average molecular weight is 493 g/mol. The van der Waals surface area contributed by atoms with Gasteiger partial charge < -0.3 is 19.4 Å². The van der Waals surface area contributed by atoms with Crippen LogP contribution in [0.1, 0.15) is 72.1 Å². The van der Waals surface area contributed by atoms with Gasteiger partial charge in [0.15, 0.2) is 8.32 Å². The van der Waals surface area contributed by atoms with Crippen molar-refractivity contribution < 1.29 is 13.6 Å². The van der Waals surface area contributed by atoms with Crippen LogP contribution in [0.25, 0.3) is 0 Å². The molecule has 6 heteroatoms. The lowest BCUT2D eigenvalue weighted by molar-refractivity contribution is 0.0505. The monoisotopic (exact) mass is 492 g/mol. The predicted molar refractivity (Wildman–Crippen MR) is 141 cm³/mol. The molecule has 2 heterocycles. The summed E-state index contributed by atoms with van der Waals surface area (Å²) in [6.07, 6.45) is 14.1. The summed E-state index contributed by atoms with van der Waals surface area (Å²) < 4.78 is 26.1. The van der Waals surface area contributed by atoms with Crippen molar-refractivity contribution in [2.75, 3.05) is 26.9 Å². The van der Waals surface area contributed by atoms with Crippen LogP contribution in [0.4, 0.5) is 4.39 Å². The summed E-state index contributed by atoms with van der Waals surface area (Å²) in [6.45, 7) is 12.0. The zero-order valence-electron chi connectivity index (χ0n) is 22.5. The number of nitrogens with zero attached hydrogens (tertiary/aromatic N) is 1. The van der Waals surface area contributed by atoms with Crippen LogP contribution in [-0.2, 0) is 9.16 Å². The first kappa shape index (κ1) is 26.4. The molecule has 0 saturated carbocycles. The second kappa shape index (κ2) is 10.7. The highest BCUT2D eigenvalue weighted by atomic mass is 28.4. The van der Waals surface area contributed by atoms with Gasteiger partial charge in [0.2, 0.25) is 0 Å². The number of hydrogen-bond acceptors (Lipinski definition) is 4. The molecule has 2 aliphatic carbocycles. The molecular weight excluding hydrogens is 443 g/mol. The van der Waals surface area contributed by atoms with Crippen molar-refractivity contribution in [2.45, 2.75) is 114 Å². The number of halogens is 1. The van der Waals surface area contributed by atoms with Crippen molar-refractivity contribution in [2.24, 2.45) is 11.8 Å². The second-order valence-electron chi connectivity index (χ2n) is 12.9. The van der Waals surface area contributed by atoms with E-state index in [-0.39, 0.29) is 5.04 Å². The van der Waals surface area contributed by atoms with Gasteiger partial charge in [-0.3, -0.25) is 0 Å². The summed E-state index contributed by atoms with van der Waals surface area (Å²) in [7, 11) is 0.308. The van der Waals surface area contributed by atoms with Gasteiger partial charge in [-0.15, -0.1) is 0 Å². The van der Waals surface area contributed by atoms with Crippen molar-refractivity contribution >= 4 is 8.32 Å². The lowest BCUT2D eigenvalue weighted by Crippen LogP contribution is -2.51. The van der Waals surface area contributed by atoms with E-state index in [0.29, 0.717) is 24.6 Å². The maximum atomic E-state index is 13.7. The fraction of sp³-hybridized carbons (Fsp3) is 0.857. The maximum absolute atomic E-state index is 13.7. The van der Waals surface area contributed by atoms with E-state index in [9.17, 15) is 4.39 Å². The Morgan fingerprint density at radius 2 is 1.91 bits per heavy atom. The number of likely N-dealkylation sites (tertiary alicyclic amines) is 1. The van der Waals surface area contributed by atoms with Crippen molar-refractivity contribution in [1.29, 1.82) is 0 Å². The molecule has 0 aromatic carbocycles. The first-order valence-electron chi connectivity index (χ1n) is 13.8. The quantitative estimate of drug-likeness (QED) is 0.338. The van der Waals surface area contributed by atoms with Gasteiger partial charge in [0, 0.05) is 24.5 Å². The van der Waals surface area contributed by atoms with Crippen LogP contribution in [0.5, 0.6) is 0 Å². The molecule has 4 nitrogen and oxygen atoms in total. The molecular formula is C28H49FN2O2Si. The molecule has 1 N–H and O–H groups in total. The van der Waals surface area contributed by atoms with Crippen LogP contribution in [0.2, 0.25) is 18.1 Å². The molecule has 2 fully saturated rings. The largest absolute Gasteiger partial charge is 0.496 e. The highest BCUT2D eigenvalue weighted by Crippen LogP contribution is 2.40. The van der Waals surface area contributed by atoms with Gasteiger partial charge in [0.1, 0.15) is 19.4 Å². The Labute approximate surface area is 208 Å². The number of fused-ring (bicyclic) bond motifs is 2. The first-order chi connectivity index (χ1) is 16.1. The Morgan fingerprint density at radius 1 is 1.12 bits per heavy atom. The molecule has 2 aliphatic heterocycles. The summed E-state index contributed by atoms with van der Waals surface area (Å²) in [5.74, 6) is 2.52. The third-order valence-electron chi connectivity index (χ3n) is 9.53. The number of allylic oxidation sites excluding steroid dienone is 1. The van der Waals surface area contributed by atoms with Gasteiger partial charge in [0.25, 0.3) is 0 Å². The molecule has 0 aromatic rings. The zero-order chi connectivity index (χ0) is 24.5. The molecule has 2 saturated heterocycles. The van der Waals surface area contributed by atoms with Crippen LogP contribution in [-0.4, -0.2) is 64.3 Å². The third-order valence-corrected chi connectivity index (χ3v) is 14.1. The summed E-state index contributed by atoms with van der Waals surface area (Å²) in [5, 5.41) is 4.09. The van der Waals surface area contributed by atoms with E-state index >= 15 is 0 Å². The van der Waals surface area contributed by atoms with E-state index in [1.807, 2.05) is 0 Å². The molecule has 0 bridgehead atoms. The van der Waals surface area contributed by atoms with E-state index in [1.54, 1.807) is 5.57 Å². The minimum Gasteiger partial charge on any atom is -0.496 e. The normalized spacial score (nSPS) is 33.9. The summed E-state index contributed by atoms with van der Waals surface area (Å²) in [5.41, 5.74) is 1.68. The van der Waals surface area contributed by atoms with Crippen molar-refractivity contribution in [3.05, 3.63) is 23.5 Å². The SMILES string of the molecule is CN1CCC[C@@H]2CC([C@@H]3CC[C@@H]4CC(OCC(CF)O[Si](C)(C)C(C)(C)C)=CCC4N3)=CCC21. The Hall–Kier alpha value is -0.693. The average Bonchev–Trinajstić information content (AvgIpc) is 2.80. The van der Waals surface area contributed by atoms with Gasteiger partial charge in [-0.25, -0.2) is 4.39 Å². The Bertz CT molecular complexity index is 762. The van der Waals surface area contributed by atoms with E-state index in [1.165, 1.54) is 45.1 Å². The van der Waals surface area contributed by atoms with E-state index < -0.39 is 21.1 Å². The molecule has 0 amide bonds. The highest BCUT2D eigenvalue weighted by Gasteiger charge is 2.40. The minimum atomic E-state index is -2.00. The number of alkyl halides is 1. The maximum Gasteiger partial charge on any atom is 0.192 e. The van der Waals surface area contributed by atoms with Gasteiger partial charge in [-0.2, -0.15) is 0 Å². The summed E-state index contributed by atoms with van der Waals surface area (Å²) in [6, 6.07) is 1.86. The Balaban J connectivity index is 1.28. The zero-order valence-corrected chi connectivity index (χ0v) is 23.5. The topological polar surface area (TPSA) is 33.7 Å². The molecule has 4 rings (SSSR count). The molecule has 6 atom stereocenters. The molecule has 34 heavy (non-hydrogen) atoms. The van der Waals surface area contributed by atoms with Crippen molar-refractivity contribution in [3.63, 3.8) is 0 Å². The molecule has 0 aromatic heterocycles. The number of nitrogens with one attached hydrogen (secondary N) is 1. The van der Waals surface area contributed by atoms with Gasteiger partial charge in [0.05, 0.1) is 5.76 Å². The standard InChI is InChI=1S/C28H49FN2O2Si/c1-28(2,3)34(5,6)33-24(18-29)19-32-23-11-13-26-21(17-23)9-12-25(30-26)20-10-14-27-22(16-20)8-7-15-31(27)4/h10-11,21-22,24-27,30H,7-9,12-19H2,1-6H3/t21-,22-,24?,25+,26?,27?/m1/s1. The Morgan fingerprint density at radius 3 is 2.65 bits per heavy atom.